The number of carbonyl (C=O) groups excluding carboxylic acids is 2. The van der Waals surface area contributed by atoms with Crippen molar-refractivity contribution in [1.82, 2.24) is 4.90 Å². The molecule has 2 aromatic carbocycles. The van der Waals surface area contributed by atoms with Crippen LogP contribution < -0.4 is 4.90 Å². The molecule has 0 fully saturated rings. The highest BCUT2D eigenvalue weighted by Crippen LogP contribution is 2.48. The smallest absolute Gasteiger partial charge is 0.271 e. The van der Waals surface area contributed by atoms with Gasteiger partial charge in [-0.2, -0.15) is 5.26 Å². The molecule has 0 atom stereocenters. The first-order chi connectivity index (χ1) is 14.7. The molecule has 5 nitrogen and oxygen atoms in total. The summed E-state index contributed by atoms with van der Waals surface area (Å²) in [5.41, 5.74) is 6.22. The Bertz CT molecular complexity index is 1230. The van der Waals surface area contributed by atoms with Crippen molar-refractivity contribution in [1.29, 1.82) is 5.26 Å². The van der Waals surface area contributed by atoms with E-state index in [2.05, 4.69) is 56.1 Å². The van der Waals surface area contributed by atoms with Gasteiger partial charge >= 0.3 is 0 Å². The zero-order valence-corrected chi connectivity index (χ0v) is 18.5. The maximum atomic E-state index is 13.0. The summed E-state index contributed by atoms with van der Waals surface area (Å²) in [5.74, 6) is -0.877. The lowest BCUT2D eigenvalue weighted by molar-refractivity contribution is -0.140. The fourth-order valence-electron chi connectivity index (χ4n) is 4.59. The lowest BCUT2D eigenvalue weighted by atomic mass is 9.73. The van der Waals surface area contributed by atoms with Crippen LogP contribution in [0.3, 0.4) is 0 Å². The molecule has 156 valence electrons. The van der Waals surface area contributed by atoms with Crippen LogP contribution in [-0.4, -0.2) is 30.3 Å². The average Bonchev–Trinajstić information content (AvgIpc) is 2.76. The van der Waals surface area contributed by atoms with Gasteiger partial charge in [0.1, 0.15) is 11.6 Å². The minimum absolute atomic E-state index is 0.0275. The van der Waals surface area contributed by atoms with Crippen LogP contribution in [0.15, 0.2) is 59.2 Å². The Morgan fingerprint density at radius 3 is 2.39 bits per heavy atom. The minimum atomic E-state index is -0.519. The summed E-state index contributed by atoms with van der Waals surface area (Å²) in [6.45, 7) is 8.04. The van der Waals surface area contributed by atoms with E-state index in [9.17, 15) is 14.9 Å². The van der Waals surface area contributed by atoms with Crippen molar-refractivity contribution < 1.29 is 9.59 Å². The average molecular weight is 412 g/mol. The first-order valence-electron chi connectivity index (χ1n) is 10.4. The maximum Gasteiger partial charge on any atom is 0.271 e. The van der Waals surface area contributed by atoms with Crippen molar-refractivity contribution in [3.63, 3.8) is 0 Å². The summed E-state index contributed by atoms with van der Waals surface area (Å²) in [4.78, 5) is 28.7. The van der Waals surface area contributed by atoms with Gasteiger partial charge in [0.05, 0.1) is 0 Å². The molecule has 0 N–H and O–H groups in total. The van der Waals surface area contributed by atoms with Gasteiger partial charge in [-0.1, -0.05) is 38.1 Å². The Hall–Kier alpha value is -3.65. The highest BCUT2D eigenvalue weighted by Gasteiger charge is 2.36. The fourth-order valence-corrected chi connectivity index (χ4v) is 4.59. The van der Waals surface area contributed by atoms with E-state index >= 15 is 0 Å². The molecule has 0 saturated carbocycles. The predicted molar refractivity (Wildman–Crippen MR) is 122 cm³/mol. The number of carbonyl (C=O) groups is 2. The second-order valence-electron chi connectivity index (χ2n) is 8.50. The third-order valence-electron chi connectivity index (χ3n) is 6.45. The highest BCUT2D eigenvalue weighted by atomic mass is 16.2. The number of likely N-dealkylation sites (N-methyl/N-ethyl adjacent to an activating group) is 1. The molecule has 0 spiro atoms. The van der Waals surface area contributed by atoms with E-state index in [1.54, 1.807) is 19.9 Å². The number of nitriles is 1. The molecule has 2 aromatic rings. The van der Waals surface area contributed by atoms with Gasteiger partial charge < -0.3 is 4.90 Å². The number of nitrogens with zero attached hydrogens (tertiary/aromatic N) is 3. The van der Waals surface area contributed by atoms with Gasteiger partial charge in [0.2, 0.25) is 0 Å². The quantitative estimate of drug-likeness (QED) is 0.530. The van der Waals surface area contributed by atoms with E-state index in [0.29, 0.717) is 11.1 Å². The van der Waals surface area contributed by atoms with Crippen molar-refractivity contribution in [2.24, 2.45) is 0 Å². The van der Waals surface area contributed by atoms with Crippen LogP contribution in [-0.2, 0) is 15.0 Å². The van der Waals surface area contributed by atoms with E-state index < -0.39 is 5.91 Å². The van der Waals surface area contributed by atoms with E-state index in [0.717, 1.165) is 21.7 Å². The minimum Gasteiger partial charge on any atom is -0.344 e. The normalized spacial score (nSPS) is 18.8. The molecule has 4 rings (SSSR count). The van der Waals surface area contributed by atoms with Crippen LogP contribution in [0.1, 0.15) is 44.4 Å². The molecule has 0 unspecified atom stereocenters. The van der Waals surface area contributed by atoms with Crippen molar-refractivity contribution in [2.75, 3.05) is 18.5 Å². The Morgan fingerprint density at radius 1 is 1.03 bits per heavy atom. The van der Waals surface area contributed by atoms with Gasteiger partial charge in [0, 0.05) is 36.0 Å². The number of hydrogen-bond acceptors (Lipinski definition) is 4. The molecule has 0 bridgehead atoms. The van der Waals surface area contributed by atoms with E-state index in [4.69, 9.17) is 0 Å². The Kier molecular flexibility index (Phi) is 4.82. The summed E-state index contributed by atoms with van der Waals surface area (Å²) in [6.07, 6.45) is 1.79. The van der Waals surface area contributed by atoms with Gasteiger partial charge in [-0.05, 0) is 60.4 Å². The molecule has 0 radical (unpaired) electrons. The van der Waals surface area contributed by atoms with Crippen molar-refractivity contribution >= 4 is 29.3 Å². The monoisotopic (exact) mass is 411 g/mol. The highest BCUT2D eigenvalue weighted by molar-refractivity contribution is 6.19. The summed E-state index contributed by atoms with van der Waals surface area (Å²) < 4.78 is 0. The number of fused-ring (bicyclic) bond motifs is 2. The molecule has 2 heterocycles. The van der Waals surface area contributed by atoms with Gasteiger partial charge in [-0.3, -0.25) is 14.5 Å². The predicted octanol–water partition coefficient (Wildman–Crippen LogP) is 4.71. The molecular formula is C26H25N3O2. The molecular weight excluding hydrogens is 386 g/mol. The lowest BCUT2D eigenvalue weighted by Crippen LogP contribution is -2.42. The Morgan fingerprint density at radius 2 is 1.71 bits per heavy atom. The van der Waals surface area contributed by atoms with Crippen LogP contribution in [0, 0.1) is 11.3 Å². The summed E-state index contributed by atoms with van der Waals surface area (Å²) in [5, 5.41) is 9.46. The molecule has 31 heavy (non-hydrogen) atoms. The molecule has 2 aliphatic rings. The number of para-hydroxylation sites is 1. The van der Waals surface area contributed by atoms with Gasteiger partial charge in [-0.15, -0.1) is 0 Å². The standard InChI is InChI=1S/C26H25N3O2/c1-6-29-24(30)18(16(2)19(15-27)25(29)31)13-17-11-12-23-21(14-17)26(3,4)20-9-7-8-10-22(20)28(23)5/h7-14H,6H2,1-5H3/b18-13+. The SMILES string of the molecule is CCN1C(=O)C(C#N)=C(C)/C(=C\c2ccc3c(c2)C(C)(C)c2ccccc2N3C)C1=O. The Balaban J connectivity index is 1.87. The fraction of sp³-hybridized carbons (Fsp3) is 0.269. The number of benzene rings is 2. The van der Waals surface area contributed by atoms with Crippen LogP contribution in [0.4, 0.5) is 11.4 Å². The van der Waals surface area contributed by atoms with E-state index in [1.165, 1.54) is 11.3 Å². The van der Waals surface area contributed by atoms with Gasteiger partial charge in [-0.25, -0.2) is 0 Å². The second-order valence-corrected chi connectivity index (χ2v) is 8.50. The number of imide groups is 1. The van der Waals surface area contributed by atoms with Crippen LogP contribution in [0.2, 0.25) is 0 Å². The molecule has 2 aliphatic heterocycles. The number of rotatable bonds is 2. The summed E-state index contributed by atoms with van der Waals surface area (Å²) >= 11 is 0. The van der Waals surface area contributed by atoms with Gasteiger partial charge in [0.15, 0.2) is 0 Å². The summed E-state index contributed by atoms with van der Waals surface area (Å²) in [6, 6.07) is 16.5. The summed E-state index contributed by atoms with van der Waals surface area (Å²) in [7, 11) is 2.06. The van der Waals surface area contributed by atoms with E-state index in [-0.39, 0.29) is 23.4 Å². The molecule has 2 amide bonds. The number of anilines is 2. The molecule has 0 aliphatic carbocycles. The first kappa shape index (κ1) is 20.6. The van der Waals surface area contributed by atoms with Crippen molar-refractivity contribution in [2.45, 2.75) is 33.1 Å². The third-order valence-corrected chi connectivity index (χ3v) is 6.45. The van der Waals surface area contributed by atoms with Crippen LogP contribution >= 0.6 is 0 Å². The molecule has 5 heteroatoms. The second kappa shape index (κ2) is 7.24. The van der Waals surface area contributed by atoms with Crippen molar-refractivity contribution in [3.8, 4) is 6.07 Å². The van der Waals surface area contributed by atoms with E-state index in [1.807, 2.05) is 18.2 Å². The number of amides is 2. The zero-order chi connectivity index (χ0) is 22.5. The van der Waals surface area contributed by atoms with Crippen LogP contribution in [0.5, 0.6) is 0 Å². The largest absolute Gasteiger partial charge is 0.344 e. The molecule has 0 saturated heterocycles. The van der Waals surface area contributed by atoms with Crippen molar-refractivity contribution in [3.05, 3.63) is 75.9 Å². The zero-order valence-electron chi connectivity index (χ0n) is 18.5. The van der Waals surface area contributed by atoms with Crippen LogP contribution in [0.25, 0.3) is 6.08 Å². The lowest BCUT2D eigenvalue weighted by Gasteiger charge is -2.40. The Labute approximate surface area is 182 Å². The van der Waals surface area contributed by atoms with Gasteiger partial charge in [0.25, 0.3) is 11.8 Å². The first-order valence-corrected chi connectivity index (χ1v) is 10.4. The third kappa shape index (κ3) is 2.98. The number of hydrogen-bond donors (Lipinski definition) is 0. The maximum absolute atomic E-state index is 13.0. The molecule has 0 aromatic heterocycles. The topological polar surface area (TPSA) is 64.4 Å².